The van der Waals surface area contributed by atoms with Crippen LogP contribution in [0.25, 0.3) is 0 Å². The molecule has 0 aromatic heterocycles. The highest BCUT2D eigenvalue weighted by Gasteiger charge is 2.40. The molecule has 5 nitrogen and oxygen atoms in total. The second kappa shape index (κ2) is 8.80. The van der Waals surface area contributed by atoms with Crippen LogP contribution < -0.4 is 9.64 Å². The van der Waals surface area contributed by atoms with Crippen LogP contribution in [0.1, 0.15) is 17.7 Å². The summed E-state index contributed by atoms with van der Waals surface area (Å²) in [5, 5.41) is 0.270. The lowest BCUT2D eigenvalue weighted by Gasteiger charge is -2.27. The number of thioether (sulfide) groups is 1. The first-order valence-corrected chi connectivity index (χ1v) is 10.5. The highest BCUT2D eigenvalue weighted by molar-refractivity contribution is 9.09. The number of benzene rings is 2. The molecule has 27 heavy (non-hydrogen) atoms. The maximum atomic E-state index is 13.3. The van der Waals surface area contributed by atoms with E-state index in [1.807, 2.05) is 48.5 Å². The van der Waals surface area contributed by atoms with Crippen molar-refractivity contribution in [2.24, 2.45) is 0 Å². The van der Waals surface area contributed by atoms with Crippen LogP contribution in [0.5, 0.6) is 5.75 Å². The van der Waals surface area contributed by atoms with E-state index in [1.54, 1.807) is 12.0 Å². The number of anilines is 1. The Balaban J connectivity index is 2.09. The summed E-state index contributed by atoms with van der Waals surface area (Å²) in [5.74, 6) is 0.0363. The minimum atomic E-state index is -0.910. The molecule has 0 bridgehead atoms. The van der Waals surface area contributed by atoms with Crippen LogP contribution >= 0.6 is 27.7 Å². The van der Waals surface area contributed by atoms with E-state index in [1.165, 1.54) is 18.7 Å². The van der Waals surface area contributed by atoms with Gasteiger partial charge < -0.3 is 14.4 Å². The second-order valence-corrected chi connectivity index (χ2v) is 7.96. The lowest BCUT2D eigenvalue weighted by atomic mass is 10.1. The third-order valence-corrected chi connectivity index (χ3v) is 5.97. The van der Waals surface area contributed by atoms with Gasteiger partial charge in [0.1, 0.15) is 5.75 Å². The number of ether oxygens (including phenoxy) is 2. The average molecular weight is 450 g/mol. The predicted molar refractivity (Wildman–Crippen MR) is 110 cm³/mol. The van der Waals surface area contributed by atoms with E-state index in [-0.39, 0.29) is 11.2 Å². The molecule has 1 aliphatic heterocycles. The van der Waals surface area contributed by atoms with Gasteiger partial charge in [-0.15, -0.1) is 11.8 Å². The molecular weight excluding hydrogens is 430 g/mol. The minimum absolute atomic E-state index is 0.220. The molecule has 3 rings (SSSR count). The zero-order valence-electron chi connectivity index (χ0n) is 15.1. The van der Waals surface area contributed by atoms with Crippen molar-refractivity contribution in [3.63, 3.8) is 0 Å². The Morgan fingerprint density at radius 3 is 2.52 bits per heavy atom. The molecule has 0 saturated carbocycles. The van der Waals surface area contributed by atoms with Gasteiger partial charge in [-0.1, -0.05) is 40.2 Å². The number of hydrogen-bond donors (Lipinski definition) is 0. The Hall–Kier alpha value is -1.99. The van der Waals surface area contributed by atoms with E-state index in [2.05, 4.69) is 15.9 Å². The number of rotatable bonds is 5. The van der Waals surface area contributed by atoms with Crippen LogP contribution in [0.3, 0.4) is 0 Å². The summed E-state index contributed by atoms with van der Waals surface area (Å²) in [6, 6.07) is 15.3. The maximum absolute atomic E-state index is 13.3. The highest BCUT2D eigenvalue weighted by atomic mass is 79.9. The summed E-state index contributed by atoms with van der Waals surface area (Å²) in [4.78, 5) is 27.7. The molecule has 1 heterocycles. The number of carbonyl (C=O) groups excluding carboxylic acids is 2. The third-order valence-electron chi connectivity index (χ3n) is 4.24. The number of nitrogens with zero attached hydrogens (tertiary/aromatic N) is 1. The van der Waals surface area contributed by atoms with Gasteiger partial charge in [0, 0.05) is 23.7 Å². The van der Waals surface area contributed by atoms with Gasteiger partial charge in [-0.2, -0.15) is 0 Å². The zero-order chi connectivity index (χ0) is 19.4. The van der Waals surface area contributed by atoms with E-state index in [0.717, 1.165) is 21.9 Å². The third kappa shape index (κ3) is 4.30. The van der Waals surface area contributed by atoms with Crippen LogP contribution in [0.15, 0.2) is 53.4 Å². The minimum Gasteiger partial charge on any atom is -0.497 e. The summed E-state index contributed by atoms with van der Waals surface area (Å²) < 4.78 is 10.7. The van der Waals surface area contributed by atoms with Crippen LogP contribution in [0.4, 0.5) is 5.69 Å². The molecule has 2 atom stereocenters. The lowest BCUT2D eigenvalue weighted by Crippen LogP contribution is -2.43. The van der Waals surface area contributed by atoms with Crippen LogP contribution in [-0.4, -0.2) is 37.0 Å². The van der Waals surface area contributed by atoms with E-state index in [9.17, 15) is 9.59 Å². The van der Waals surface area contributed by atoms with Gasteiger partial charge in [-0.3, -0.25) is 9.59 Å². The molecule has 1 unspecified atom stereocenters. The molecule has 142 valence electrons. The van der Waals surface area contributed by atoms with Gasteiger partial charge in [0.2, 0.25) is 0 Å². The van der Waals surface area contributed by atoms with Crippen molar-refractivity contribution >= 4 is 45.3 Å². The van der Waals surface area contributed by atoms with Gasteiger partial charge in [0.15, 0.2) is 6.10 Å². The zero-order valence-corrected chi connectivity index (χ0v) is 17.5. The monoisotopic (exact) mass is 449 g/mol. The van der Waals surface area contributed by atoms with E-state index >= 15 is 0 Å². The van der Waals surface area contributed by atoms with Gasteiger partial charge in [0.25, 0.3) is 5.91 Å². The topological polar surface area (TPSA) is 55.8 Å². The summed E-state index contributed by atoms with van der Waals surface area (Å²) in [6.45, 7) is 1.82. The number of carbonyl (C=O) groups is 2. The van der Waals surface area contributed by atoms with Crippen LogP contribution in [0.2, 0.25) is 0 Å². The fraction of sp³-hybridized carbons (Fsp3) is 0.300. The molecule has 0 spiro atoms. The summed E-state index contributed by atoms with van der Waals surface area (Å²) >= 11 is 4.95. The summed E-state index contributed by atoms with van der Waals surface area (Å²) in [7, 11) is 1.61. The number of halogens is 1. The largest absolute Gasteiger partial charge is 0.497 e. The Labute approximate surface area is 171 Å². The van der Waals surface area contributed by atoms with E-state index in [0.29, 0.717) is 11.9 Å². The molecule has 0 fully saturated rings. The van der Waals surface area contributed by atoms with Gasteiger partial charge in [-0.05, 0) is 29.8 Å². The first-order chi connectivity index (χ1) is 13.0. The molecule has 2 aromatic rings. The number of para-hydroxylation sites is 1. The number of methoxy groups -OCH3 is 1. The molecule has 0 radical (unpaired) electrons. The fourth-order valence-electron chi connectivity index (χ4n) is 3.02. The van der Waals surface area contributed by atoms with Gasteiger partial charge in [0.05, 0.1) is 18.0 Å². The van der Waals surface area contributed by atoms with E-state index in [4.69, 9.17) is 9.47 Å². The first-order valence-electron chi connectivity index (χ1n) is 8.49. The van der Waals surface area contributed by atoms with Crippen molar-refractivity contribution in [1.29, 1.82) is 0 Å². The van der Waals surface area contributed by atoms with Crippen LogP contribution in [-0.2, 0) is 14.3 Å². The molecule has 0 N–H and O–H groups in total. The van der Waals surface area contributed by atoms with Crippen molar-refractivity contribution in [3.8, 4) is 5.75 Å². The Morgan fingerprint density at radius 2 is 1.89 bits per heavy atom. The molecule has 2 aromatic carbocycles. The van der Waals surface area contributed by atoms with Crippen LogP contribution in [0, 0.1) is 0 Å². The molecule has 7 heteroatoms. The fourth-order valence-corrected chi connectivity index (χ4v) is 4.70. The number of hydrogen-bond acceptors (Lipinski definition) is 5. The van der Waals surface area contributed by atoms with Crippen molar-refractivity contribution < 1.29 is 19.1 Å². The maximum Gasteiger partial charge on any atom is 0.303 e. The number of amides is 1. The molecule has 1 aliphatic rings. The lowest BCUT2D eigenvalue weighted by molar-refractivity contribution is -0.152. The normalized spacial score (nSPS) is 19.2. The van der Waals surface area contributed by atoms with Crippen molar-refractivity contribution in [1.82, 2.24) is 0 Å². The van der Waals surface area contributed by atoms with Crippen molar-refractivity contribution in [3.05, 3.63) is 54.1 Å². The standard InChI is InChI=1S/C20H20BrNO4S/c1-13(23)26-18-19(14-7-9-15(25-2)10-8-14)27-17-6-4-3-5-16(17)22(12-11-21)20(18)24/h3-10,18-19H,11-12H2,1-2H3/t18-,19?/m1/s1. The van der Waals surface area contributed by atoms with Gasteiger partial charge >= 0.3 is 5.97 Å². The highest BCUT2D eigenvalue weighted by Crippen LogP contribution is 2.46. The molecule has 1 amide bonds. The number of fused-ring (bicyclic) bond motifs is 1. The second-order valence-electron chi connectivity index (χ2n) is 5.99. The van der Waals surface area contributed by atoms with Crippen molar-refractivity contribution in [2.75, 3.05) is 23.9 Å². The first kappa shape index (κ1) is 19.8. The Morgan fingerprint density at radius 1 is 1.19 bits per heavy atom. The quantitative estimate of drug-likeness (QED) is 0.505. The SMILES string of the molecule is COc1ccc(C2Sc3ccccc3N(CCBr)C(=O)[C@@H]2OC(C)=O)cc1. The Bertz CT molecular complexity index is 827. The summed E-state index contributed by atoms with van der Waals surface area (Å²) in [5.41, 5.74) is 1.73. The summed E-state index contributed by atoms with van der Waals surface area (Å²) in [6.07, 6.45) is -0.910. The predicted octanol–water partition coefficient (Wildman–Crippen LogP) is 4.20. The van der Waals surface area contributed by atoms with Gasteiger partial charge in [-0.25, -0.2) is 0 Å². The van der Waals surface area contributed by atoms with E-state index < -0.39 is 12.1 Å². The smallest absolute Gasteiger partial charge is 0.303 e. The van der Waals surface area contributed by atoms with Crippen molar-refractivity contribution in [2.45, 2.75) is 23.2 Å². The molecule has 0 saturated heterocycles. The molecular formula is C20H20BrNO4S. The Kier molecular flexibility index (Phi) is 6.44. The average Bonchev–Trinajstić information content (AvgIpc) is 2.78. The number of alkyl halides is 1. The number of esters is 1. The molecule has 0 aliphatic carbocycles.